The number of ketones is 1. The minimum atomic E-state index is -5.01. The number of amides is 1. The largest absolute Gasteiger partial charge is 0.452 e. The van der Waals surface area contributed by atoms with Crippen molar-refractivity contribution in [2.75, 3.05) is 0 Å². The number of halogens is 3. The number of hydrogen-bond donors (Lipinski definition) is 1. The van der Waals surface area contributed by atoms with E-state index in [9.17, 15) is 22.8 Å². The van der Waals surface area contributed by atoms with Crippen LogP contribution in [-0.4, -0.2) is 29.7 Å². The molecule has 0 radical (unpaired) electrons. The Hall–Kier alpha value is -1.27. The summed E-state index contributed by atoms with van der Waals surface area (Å²) in [6.45, 7) is 9.01. The van der Waals surface area contributed by atoms with Crippen molar-refractivity contribution >= 4 is 11.9 Å². The maximum atomic E-state index is 12.5. The predicted octanol–water partition coefficient (Wildman–Crippen LogP) is 3.06. The topological polar surface area (TPSA) is 55.4 Å². The minimum absolute atomic E-state index is 0.853. The molecule has 7 heteroatoms. The Bertz CT molecular complexity index is 351. The number of hydrogen-bond acceptors (Lipinski definition) is 3. The van der Waals surface area contributed by atoms with E-state index < -0.39 is 35.1 Å². The average Bonchev–Trinajstić information content (AvgIpc) is 2.06. The van der Waals surface area contributed by atoms with Gasteiger partial charge in [0.2, 0.25) is 0 Å². The molecule has 0 aromatic rings. The van der Waals surface area contributed by atoms with Crippen LogP contribution in [0.1, 0.15) is 41.5 Å². The third kappa shape index (κ3) is 6.45. The van der Waals surface area contributed by atoms with Crippen LogP contribution in [0, 0.1) is 5.41 Å². The van der Waals surface area contributed by atoms with Gasteiger partial charge in [-0.25, -0.2) is 4.79 Å². The standard InChI is InChI=1S/C12H20F3NO3/c1-10(2,3)7(8(17)12(13,14)15)16-9(18)19-11(4,5)6/h7H,1-6H3,(H,16,18). The van der Waals surface area contributed by atoms with Crippen LogP contribution in [-0.2, 0) is 9.53 Å². The van der Waals surface area contributed by atoms with Crippen LogP contribution in [0.3, 0.4) is 0 Å². The summed E-state index contributed by atoms with van der Waals surface area (Å²) in [5.41, 5.74) is -1.93. The maximum absolute atomic E-state index is 12.5. The lowest BCUT2D eigenvalue weighted by Gasteiger charge is -2.31. The molecule has 19 heavy (non-hydrogen) atoms. The Labute approximate surface area is 110 Å². The maximum Gasteiger partial charge on any atom is 0.452 e. The smallest absolute Gasteiger partial charge is 0.444 e. The SMILES string of the molecule is CC(C)(C)OC(=O)NC(C(=O)C(F)(F)F)C(C)(C)C. The molecular weight excluding hydrogens is 263 g/mol. The summed E-state index contributed by atoms with van der Waals surface area (Å²) in [6, 6.07) is -1.69. The van der Waals surface area contributed by atoms with Crippen LogP contribution in [0.2, 0.25) is 0 Å². The molecule has 0 saturated heterocycles. The molecule has 0 aliphatic carbocycles. The number of Topliss-reactive ketones (excluding diaryl/α,β-unsaturated/α-hetero) is 1. The van der Waals surface area contributed by atoms with E-state index in [1.807, 2.05) is 5.32 Å². The fraction of sp³-hybridized carbons (Fsp3) is 0.833. The zero-order valence-electron chi connectivity index (χ0n) is 11.9. The van der Waals surface area contributed by atoms with Crippen LogP contribution >= 0.6 is 0 Å². The monoisotopic (exact) mass is 283 g/mol. The number of ether oxygens (including phenoxy) is 1. The van der Waals surface area contributed by atoms with E-state index in [1.165, 1.54) is 20.8 Å². The van der Waals surface area contributed by atoms with Gasteiger partial charge in [0.25, 0.3) is 5.78 Å². The molecule has 0 heterocycles. The van der Waals surface area contributed by atoms with E-state index in [0.29, 0.717) is 0 Å². The second kappa shape index (κ2) is 5.38. The zero-order chi connectivity index (χ0) is 15.6. The molecule has 0 saturated carbocycles. The van der Waals surface area contributed by atoms with Crippen LogP contribution in [0.4, 0.5) is 18.0 Å². The summed E-state index contributed by atoms with van der Waals surface area (Å²) in [7, 11) is 0. The van der Waals surface area contributed by atoms with Gasteiger partial charge in [-0.3, -0.25) is 4.79 Å². The average molecular weight is 283 g/mol. The Morgan fingerprint density at radius 1 is 1.00 bits per heavy atom. The van der Waals surface area contributed by atoms with Gasteiger partial charge in [-0.05, 0) is 26.2 Å². The van der Waals surface area contributed by atoms with E-state index in [-0.39, 0.29) is 0 Å². The molecule has 1 N–H and O–H groups in total. The van der Waals surface area contributed by atoms with Crippen molar-refractivity contribution in [2.45, 2.75) is 59.4 Å². The number of carbonyl (C=O) groups excluding carboxylic acids is 2. The van der Waals surface area contributed by atoms with Gasteiger partial charge in [0, 0.05) is 0 Å². The fourth-order valence-electron chi connectivity index (χ4n) is 1.26. The highest BCUT2D eigenvalue weighted by Gasteiger charge is 2.48. The van der Waals surface area contributed by atoms with Crippen molar-refractivity contribution < 1.29 is 27.5 Å². The molecular formula is C12H20F3NO3. The van der Waals surface area contributed by atoms with Gasteiger partial charge in [-0.1, -0.05) is 20.8 Å². The third-order valence-corrected chi connectivity index (χ3v) is 2.07. The van der Waals surface area contributed by atoms with Gasteiger partial charge in [0.15, 0.2) is 0 Å². The molecule has 4 nitrogen and oxygen atoms in total. The van der Waals surface area contributed by atoms with Crippen LogP contribution in [0.25, 0.3) is 0 Å². The highest BCUT2D eigenvalue weighted by Crippen LogP contribution is 2.28. The third-order valence-electron chi connectivity index (χ3n) is 2.07. The Kier molecular flexibility index (Phi) is 5.02. The lowest BCUT2D eigenvalue weighted by Crippen LogP contribution is -2.54. The first-order chi connectivity index (χ1) is 8.14. The number of nitrogens with one attached hydrogen (secondary N) is 1. The summed E-state index contributed by atoms with van der Waals surface area (Å²) < 4.78 is 42.3. The zero-order valence-corrected chi connectivity index (χ0v) is 11.9. The Balaban J connectivity index is 5.02. The lowest BCUT2D eigenvalue weighted by atomic mass is 9.84. The number of rotatable bonds is 2. The predicted molar refractivity (Wildman–Crippen MR) is 63.7 cm³/mol. The molecule has 0 aliphatic heterocycles. The highest BCUT2D eigenvalue weighted by molar-refractivity contribution is 5.92. The number of alkyl halides is 3. The summed E-state index contributed by atoms with van der Waals surface area (Å²) in [6.07, 6.45) is -6.06. The van der Waals surface area contributed by atoms with Crippen LogP contribution < -0.4 is 5.32 Å². The fourth-order valence-corrected chi connectivity index (χ4v) is 1.26. The van der Waals surface area contributed by atoms with Crippen molar-refractivity contribution in [3.05, 3.63) is 0 Å². The van der Waals surface area contributed by atoms with E-state index in [0.717, 1.165) is 0 Å². The Morgan fingerprint density at radius 3 is 1.68 bits per heavy atom. The van der Waals surface area contributed by atoms with Crippen molar-refractivity contribution in [1.82, 2.24) is 5.32 Å². The normalized spacial score (nSPS) is 14.8. The van der Waals surface area contributed by atoms with Crippen molar-refractivity contribution in [3.8, 4) is 0 Å². The molecule has 1 atom stereocenters. The highest BCUT2D eigenvalue weighted by atomic mass is 19.4. The van der Waals surface area contributed by atoms with E-state index in [4.69, 9.17) is 4.74 Å². The molecule has 0 aromatic heterocycles. The summed E-state index contributed by atoms with van der Waals surface area (Å²) in [5, 5.41) is 1.99. The quantitative estimate of drug-likeness (QED) is 0.847. The molecule has 0 aliphatic rings. The molecule has 1 amide bonds. The summed E-state index contributed by atoms with van der Waals surface area (Å²) in [4.78, 5) is 22.8. The van der Waals surface area contributed by atoms with Gasteiger partial charge in [0.05, 0.1) is 0 Å². The molecule has 0 rings (SSSR count). The summed E-state index contributed by atoms with van der Waals surface area (Å²) in [5.74, 6) is -1.99. The van der Waals surface area contributed by atoms with Gasteiger partial charge in [-0.15, -0.1) is 0 Å². The number of alkyl carbamates (subject to hydrolysis) is 1. The summed E-state index contributed by atoms with van der Waals surface area (Å²) >= 11 is 0. The van der Waals surface area contributed by atoms with Gasteiger partial charge in [0.1, 0.15) is 11.6 Å². The van der Waals surface area contributed by atoms with Crippen molar-refractivity contribution in [2.24, 2.45) is 5.41 Å². The first-order valence-electron chi connectivity index (χ1n) is 5.75. The van der Waals surface area contributed by atoms with Gasteiger partial charge < -0.3 is 10.1 Å². The minimum Gasteiger partial charge on any atom is -0.444 e. The van der Waals surface area contributed by atoms with Gasteiger partial charge in [-0.2, -0.15) is 13.2 Å². The van der Waals surface area contributed by atoms with Gasteiger partial charge >= 0.3 is 12.3 Å². The molecule has 112 valence electrons. The second-order valence-electron chi connectivity index (χ2n) is 6.31. The molecule has 0 bridgehead atoms. The van der Waals surface area contributed by atoms with E-state index >= 15 is 0 Å². The number of carbonyl (C=O) groups is 2. The first kappa shape index (κ1) is 17.7. The molecule has 0 fully saturated rings. The lowest BCUT2D eigenvalue weighted by molar-refractivity contribution is -0.175. The molecule has 0 aromatic carbocycles. The van der Waals surface area contributed by atoms with Crippen molar-refractivity contribution in [1.29, 1.82) is 0 Å². The van der Waals surface area contributed by atoms with Crippen LogP contribution in [0.15, 0.2) is 0 Å². The molecule has 0 spiro atoms. The first-order valence-corrected chi connectivity index (χ1v) is 5.75. The van der Waals surface area contributed by atoms with E-state index in [1.54, 1.807) is 20.8 Å². The van der Waals surface area contributed by atoms with Crippen molar-refractivity contribution in [3.63, 3.8) is 0 Å². The Morgan fingerprint density at radius 2 is 1.42 bits per heavy atom. The van der Waals surface area contributed by atoms with Crippen LogP contribution in [0.5, 0.6) is 0 Å². The second-order valence-corrected chi connectivity index (χ2v) is 6.31. The molecule has 1 unspecified atom stereocenters. The van der Waals surface area contributed by atoms with E-state index in [2.05, 4.69) is 0 Å².